The van der Waals surface area contributed by atoms with Crippen molar-refractivity contribution in [1.29, 1.82) is 0 Å². The van der Waals surface area contributed by atoms with Crippen molar-refractivity contribution in [2.24, 2.45) is 0 Å². The van der Waals surface area contributed by atoms with E-state index in [2.05, 4.69) is 15.5 Å². The molecule has 10 heteroatoms. The van der Waals surface area contributed by atoms with Gasteiger partial charge in [-0.3, -0.25) is 9.89 Å². The maximum atomic E-state index is 13.7. The molecule has 3 N–H and O–H groups in total. The summed E-state index contributed by atoms with van der Waals surface area (Å²) in [6.45, 7) is 1.21. The lowest BCUT2D eigenvalue weighted by atomic mass is 9.98. The molecule has 0 radical (unpaired) electrons. The van der Waals surface area contributed by atoms with Crippen LogP contribution in [0.2, 0.25) is 0 Å². The fourth-order valence-corrected chi connectivity index (χ4v) is 4.95. The fourth-order valence-electron chi connectivity index (χ4n) is 4.95. The first-order chi connectivity index (χ1) is 17.0. The topological polar surface area (TPSA) is 128 Å². The van der Waals surface area contributed by atoms with E-state index in [9.17, 15) is 19.5 Å². The Balaban J connectivity index is 1.38. The van der Waals surface area contributed by atoms with Crippen molar-refractivity contribution in [3.05, 3.63) is 65.4 Å². The van der Waals surface area contributed by atoms with Crippen LogP contribution in [0, 0.1) is 0 Å². The maximum absolute atomic E-state index is 13.7. The predicted molar refractivity (Wildman–Crippen MR) is 127 cm³/mol. The Morgan fingerprint density at radius 1 is 1.14 bits per heavy atom. The number of nitrogens with zero attached hydrogens (tertiary/aromatic N) is 3. The van der Waals surface area contributed by atoms with Crippen molar-refractivity contribution >= 4 is 29.0 Å². The van der Waals surface area contributed by atoms with Gasteiger partial charge in [0, 0.05) is 37.5 Å². The molecule has 0 bridgehead atoms. The fraction of sp³-hybridized carbons (Fsp3) is 0.360. The lowest BCUT2D eigenvalue weighted by molar-refractivity contribution is -0.137. The Morgan fingerprint density at radius 3 is 2.66 bits per heavy atom. The molecule has 1 atom stereocenters. The van der Waals surface area contributed by atoms with Crippen molar-refractivity contribution in [3.8, 4) is 0 Å². The molecule has 0 aliphatic carbocycles. The monoisotopic (exact) mass is 477 g/mol. The number of alkyl carbamates (subject to hydrolysis) is 1. The van der Waals surface area contributed by atoms with Gasteiger partial charge in [0.05, 0.1) is 11.7 Å². The third kappa shape index (κ3) is 4.77. The van der Waals surface area contributed by atoms with E-state index in [0.29, 0.717) is 38.9 Å². The van der Waals surface area contributed by atoms with Gasteiger partial charge in [0.25, 0.3) is 0 Å². The smallest absolute Gasteiger partial charge is 0.408 e. The summed E-state index contributed by atoms with van der Waals surface area (Å²) in [5.74, 6) is -0.191. The van der Waals surface area contributed by atoms with E-state index in [-0.39, 0.29) is 18.6 Å². The van der Waals surface area contributed by atoms with Crippen LogP contribution in [-0.4, -0.2) is 68.4 Å². The van der Waals surface area contributed by atoms with Gasteiger partial charge in [-0.25, -0.2) is 9.59 Å². The zero-order valence-electron chi connectivity index (χ0n) is 19.1. The highest BCUT2D eigenvalue weighted by Crippen LogP contribution is 2.30. The second kappa shape index (κ2) is 9.65. The summed E-state index contributed by atoms with van der Waals surface area (Å²) in [5.41, 5.74) is 3.69. The van der Waals surface area contributed by atoms with E-state index >= 15 is 0 Å². The molecular weight excluding hydrogens is 450 g/mol. The van der Waals surface area contributed by atoms with Gasteiger partial charge < -0.3 is 25.0 Å². The molecule has 1 fully saturated rings. The number of likely N-dealkylation sites (tertiary alicyclic amines) is 1. The van der Waals surface area contributed by atoms with Gasteiger partial charge in [-0.1, -0.05) is 36.4 Å². The molecule has 2 aromatic carbocycles. The van der Waals surface area contributed by atoms with Gasteiger partial charge in [-0.15, -0.1) is 0 Å². The second-order valence-electron chi connectivity index (χ2n) is 8.96. The summed E-state index contributed by atoms with van der Waals surface area (Å²) in [4.78, 5) is 40.9. The summed E-state index contributed by atoms with van der Waals surface area (Å²) in [5, 5.41) is 20.2. The summed E-state index contributed by atoms with van der Waals surface area (Å²) in [6, 6.07) is 12.3. The third-order valence-corrected chi connectivity index (χ3v) is 6.85. The Morgan fingerprint density at radius 2 is 1.91 bits per heavy atom. The van der Waals surface area contributed by atoms with Gasteiger partial charge >= 0.3 is 12.2 Å². The Bertz CT molecular complexity index is 1240. The quantitative estimate of drug-likeness (QED) is 0.530. The second-order valence-corrected chi connectivity index (χ2v) is 8.96. The van der Waals surface area contributed by atoms with Gasteiger partial charge in [-0.2, -0.15) is 5.10 Å². The number of aromatic nitrogens is 2. The van der Waals surface area contributed by atoms with Gasteiger partial charge in [-0.05, 0) is 35.6 Å². The first kappa shape index (κ1) is 22.7. The molecule has 3 heterocycles. The number of ether oxygens (including phenoxy) is 1. The standard InChI is InChI=1S/C25H27N5O5/c31-23-22(27-24(32)35-15-16-4-2-1-3-5-16)12-17-6-7-21-19(13-26-28-21)20(17)14-30(23)18-8-10-29(11-9-18)25(33)34/h1-7,13,18,22H,8-12,14-15H2,(H,26,28)(H,27,32)(H,33,34)/t22-/m1/s1. The number of H-pyrrole nitrogens is 1. The SMILES string of the molecule is O=C(N[C@@H]1Cc2ccc3[nH]ncc3c2CN(C2CCN(C(=O)O)CC2)C1=O)OCc1ccccc1. The molecule has 35 heavy (non-hydrogen) atoms. The highest BCUT2D eigenvalue weighted by Gasteiger charge is 2.37. The lowest BCUT2D eigenvalue weighted by Gasteiger charge is -2.38. The largest absolute Gasteiger partial charge is 0.465 e. The van der Waals surface area contributed by atoms with Crippen molar-refractivity contribution in [2.45, 2.75) is 44.5 Å². The highest BCUT2D eigenvalue weighted by molar-refractivity contribution is 5.89. The van der Waals surface area contributed by atoms with E-state index in [1.807, 2.05) is 42.5 Å². The van der Waals surface area contributed by atoms with E-state index in [0.717, 1.165) is 27.6 Å². The number of fused-ring (bicyclic) bond motifs is 3. The van der Waals surface area contributed by atoms with E-state index in [4.69, 9.17) is 4.74 Å². The summed E-state index contributed by atoms with van der Waals surface area (Å²) >= 11 is 0. The average molecular weight is 478 g/mol. The molecule has 1 saturated heterocycles. The van der Waals surface area contributed by atoms with Gasteiger partial charge in [0.2, 0.25) is 5.91 Å². The number of carbonyl (C=O) groups is 3. The van der Waals surface area contributed by atoms with Crippen LogP contribution in [0.5, 0.6) is 0 Å². The van der Waals surface area contributed by atoms with Gasteiger partial charge in [0.15, 0.2) is 0 Å². The van der Waals surface area contributed by atoms with E-state index in [1.165, 1.54) is 4.90 Å². The Kier molecular flexibility index (Phi) is 6.26. The van der Waals surface area contributed by atoms with E-state index in [1.54, 1.807) is 11.1 Å². The third-order valence-electron chi connectivity index (χ3n) is 6.85. The molecule has 0 spiro atoms. The molecule has 5 rings (SSSR count). The van der Waals surface area contributed by atoms with Crippen molar-refractivity contribution in [2.75, 3.05) is 13.1 Å². The summed E-state index contributed by atoms with van der Waals surface area (Å²) in [6.07, 6.45) is 1.57. The molecule has 1 aromatic heterocycles. The molecule has 2 aliphatic rings. The number of nitrogens with one attached hydrogen (secondary N) is 2. The van der Waals surface area contributed by atoms with Crippen molar-refractivity contribution in [3.63, 3.8) is 0 Å². The van der Waals surface area contributed by atoms with Crippen LogP contribution in [0.3, 0.4) is 0 Å². The number of amides is 3. The minimum Gasteiger partial charge on any atom is -0.465 e. The molecular formula is C25H27N5O5. The van der Waals surface area contributed by atoms with E-state index < -0.39 is 18.2 Å². The highest BCUT2D eigenvalue weighted by atomic mass is 16.5. The predicted octanol–water partition coefficient (Wildman–Crippen LogP) is 2.89. The lowest BCUT2D eigenvalue weighted by Crippen LogP contribution is -2.54. The summed E-state index contributed by atoms with van der Waals surface area (Å²) < 4.78 is 5.38. The number of benzene rings is 2. The maximum Gasteiger partial charge on any atom is 0.408 e. The molecule has 182 valence electrons. The van der Waals surface area contributed by atoms with Crippen LogP contribution in [-0.2, 0) is 29.1 Å². The van der Waals surface area contributed by atoms with Crippen LogP contribution in [0.15, 0.2) is 48.7 Å². The molecule has 3 aromatic rings. The average Bonchev–Trinajstić information content (AvgIpc) is 3.31. The normalized spacial score (nSPS) is 18.7. The van der Waals surface area contributed by atoms with Gasteiger partial charge in [0.1, 0.15) is 12.6 Å². The number of hydrogen-bond acceptors (Lipinski definition) is 5. The molecule has 10 nitrogen and oxygen atoms in total. The van der Waals surface area contributed by atoms with Crippen LogP contribution in [0.4, 0.5) is 9.59 Å². The van der Waals surface area contributed by atoms with Crippen LogP contribution < -0.4 is 5.32 Å². The van der Waals surface area contributed by atoms with Crippen LogP contribution in [0.25, 0.3) is 10.9 Å². The minimum absolute atomic E-state index is 0.108. The minimum atomic E-state index is -0.947. The Hall–Kier alpha value is -4.08. The molecule has 0 saturated carbocycles. The summed E-state index contributed by atoms with van der Waals surface area (Å²) in [7, 11) is 0. The van der Waals surface area contributed by atoms with Crippen molar-refractivity contribution < 1.29 is 24.2 Å². The zero-order valence-corrected chi connectivity index (χ0v) is 19.1. The number of carbonyl (C=O) groups excluding carboxylic acids is 2. The molecule has 0 unspecified atom stereocenters. The van der Waals surface area contributed by atoms with Crippen molar-refractivity contribution in [1.82, 2.24) is 25.3 Å². The Labute approximate surface area is 201 Å². The molecule has 2 aliphatic heterocycles. The van der Waals surface area contributed by atoms with Crippen LogP contribution in [0.1, 0.15) is 29.5 Å². The first-order valence-corrected chi connectivity index (χ1v) is 11.7. The number of rotatable bonds is 4. The zero-order chi connectivity index (χ0) is 24.4. The number of piperidine rings is 1. The first-order valence-electron chi connectivity index (χ1n) is 11.7. The number of hydrogen-bond donors (Lipinski definition) is 3. The number of carboxylic acid groups (broad SMARTS) is 1. The van der Waals surface area contributed by atoms with Crippen LogP contribution >= 0.6 is 0 Å². The molecule has 3 amide bonds. The number of aromatic amines is 1.